The van der Waals surface area contributed by atoms with Crippen LogP contribution in [0, 0.1) is 12.8 Å². The van der Waals surface area contributed by atoms with Crippen LogP contribution < -0.4 is 10.1 Å². The molecule has 1 atom stereocenters. The number of amides is 1. The predicted molar refractivity (Wildman–Crippen MR) is 138 cm³/mol. The number of rotatable bonds is 10. The number of hydrogen-bond acceptors (Lipinski definition) is 6. The van der Waals surface area contributed by atoms with Gasteiger partial charge in [0.1, 0.15) is 15.6 Å². The summed E-state index contributed by atoms with van der Waals surface area (Å²) in [6, 6.07) is 3.90. The lowest BCUT2D eigenvalue weighted by molar-refractivity contribution is -0.169. The van der Waals surface area contributed by atoms with Crippen LogP contribution in [0.5, 0.6) is 5.75 Å². The molecule has 1 heterocycles. The van der Waals surface area contributed by atoms with Gasteiger partial charge in [0.15, 0.2) is 5.69 Å². The normalized spacial score (nSPS) is 20.9. The lowest BCUT2D eigenvalue weighted by Gasteiger charge is -2.35. The van der Waals surface area contributed by atoms with Crippen molar-refractivity contribution in [3.8, 4) is 17.0 Å². The van der Waals surface area contributed by atoms with Crippen molar-refractivity contribution in [2.75, 3.05) is 12.8 Å². The third-order valence-corrected chi connectivity index (χ3v) is 9.05. The van der Waals surface area contributed by atoms with E-state index in [1.54, 1.807) is 13.8 Å². The highest BCUT2D eigenvalue weighted by atomic mass is 32.2. The lowest BCUT2D eigenvalue weighted by Crippen LogP contribution is -2.47. The quantitative estimate of drug-likeness (QED) is 0.387. The highest BCUT2D eigenvalue weighted by molar-refractivity contribution is 7.91. The summed E-state index contributed by atoms with van der Waals surface area (Å²) in [7, 11) is -3.23. The van der Waals surface area contributed by atoms with E-state index in [2.05, 4.69) is 15.2 Å². The number of nitrogens with zero attached hydrogens (tertiary/aromatic N) is 2. The molecule has 14 heteroatoms. The second kappa shape index (κ2) is 12.0. The van der Waals surface area contributed by atoms with E-state index < -0.39 is 51.7 Å². The molecule has 1 amide bonds. The Balaban J connectivity index is 1.86. The van der Waals surface area contributed by atoms with Crippen LogP contribution in [0.2, 0.25) is 0 Å². The van der Waals surface area contributed by atoms with Gasteiger partial charge in [0, 0.05) is 30.5 Å². The average Bonchev–Trinajstić information content (AvgIpc) is 3.17. The van der Waals surface area contributed by atoms with Crippen LogP contribution in [0.1, 0.15) is 61.1 Å². The van der Waals surface area contributed by atoms with Gasteiger partial charge in [-0.1, -0.05) is 13.0 Å². The summed E-state index contributed by atoms with van der Waals surface area (Å²) in [5.41, 5.74) is -0.423. The van der Waals surface area contributed by atoms with E-state index in [0.29, 0.717) is 5.56 Å². The van der Waals surface area contributed by atoms with E-state index in [-0.39, 0.29) is 67.0 Å². The zero-order valence-electron chi connectivity index (χ0n) is 22.7. The minimum atomic E-state index is -4.46. The van der Waals surface area contributed by atoms with Crippen molar-refractivity contribution in [1.29, 1.82) is 0 Å². The van der Waals surface area contributed by atoms with Crippen molar-refractivity contribution in [2.24, 2.45) is 5.92 Å². The minimum Gasteiger partial charge on any atom is -0.434 e. The molecule has 1 aromatic carbocycles. The number of carbonyl (C=O) groups excluding carboxylic acids is 1. The first-order chi connectivity index (χ1) is 18.4. The fourth-order valence-corrected chi connectivity index (χ4v) is 6.04. The fourth-order valence-electron chi connectivity index (χ4n) is 4.95. The first kappa shape index (κ1) is 31.8. The Morgan fingerprint density at radius 2 is 1.90 bits per heavy atom. The van der Waals surface area contributed by atoms with Gasteiger partial charge in [0.2, 0.25) is 0 Å². The molecule has 0 aliphatic heterocycles. The number of halogens is 5. The third-order valence-electron chi connectivity index (χ3n) is 7.37. The molecule has 1 saturated carbocycles. The Hall–Kier alpha value is -2.74. The van der Waals surface area contributed by atoms with Gasteiger partial charge in [-0.3, -0.25) is 9.48 Å². The van der Waals surface area contributed by atoms with Gasteiger partial charge in [-0.25, -0.2) is 8.42 Å². The molecule has 0 saturated heterocycles. The van der Waals surface area contributed by atoms with Gasteiger partial charge in [-0.2, -0.15) is 27.1 Å². The van der Waals surface area contributed by atoms with Crippen LogP contribution in [0.4, 0.5) is 22.0 Å². The molecule has 8 nitrogen and oxygen atoms in total. The average molecular weight is 596 g/mol. The molecule has 224 valence electrons. The van der Waals surface area contributed by atoms with Gasteiger partial charge >= 0.3 is 12.8 Å². The molecule has 1 aromatic heterocycles. The summed E-state index contributed by atoms with van der Waals surface area (Å²) >= 11 is 0. The van der Waals surface area contributed by atoms with Gasteiger partial charge < -0.3 is 15.2 Å². The van der Waals surface area contributed by atoms with Crippen LogP contribution >= 0.6 is 0 Å². The minimum absolute atomic E-state index is 0.0250. The molecule has 40 heavy (non-hydrogen) atoms. The highest BCUT2D eigenvalue weighted by Gasteiger charge is 2.38. The molecular formula is C26H34F5N3O5S. The molecule has 2 N–H and O–H groups in total. The second-order valence-corrected chi connectivity index (χ2v) is 12.8. The van der Waals surface area contributed by atoms with E-state index in [9.17, 15) is 40.3 Å². The molecule has 0 radical (unpaired) electrons. The number of aliphatic hydroxyl groups is 1. The van der Waals surface area contributed by atoms with Crippen LogP contribution in [0.15, 0.2) is 18.2 Å². The number of carbonyl (C=O) groups is 1. The van der Waals surface area contributed by atoms with E-state index in [4.69, 9.17) is 0 Å². The van der Waals surface area contributed by atoms with Crippen molar-refractivity contribution in [1.82, 2.24) is 15.1 Å². The van der Waals surface area contributed by atoms with E-state index in [1.165, 1.54) is 16.8 Å². The molecule has 0 unspecified atom stereocenters. The standard InChI is InChI=1S/C26H34F5N3O5S/c1-5-34-22(19-7-6-17(12-15(2)26(29,30)31)13-20(19)39-24(27)28)16(3)21(33-34)23(35)32-14-25(36)10-8-18(9-11-25)40(4,37)38/h6-7,13,15,18,24,36H,5,8-12,14H2,1-4H3,(H,32,35)/t15-,18?,25?/m0/s1. The van der Waals surface area contributed by atoms with Crippen LogP contribution in [-0.2, 0) is 22.8 Å². The molecule has 1 fully saturated rings. The highest BCUT2D eigenvalue weighted by Crippen LogP contribution is 2.37. The van der Waals surface area contributed by atoms with Crippen molar-refractivity contribution in [3.05, 3.63) is 35.0 Å². The zero-order valence-corrected chi connectivity index (χ0v) is 23.5. The summed E-state index contributed by atoms with van der Waals surface area (Å²) in [4.78, 5) is 13.1. The number of alkyl halides is 5. The van der Waals surface area contributed by atoms with E-state index >= 15 is 0 Å². The fraction of sp³-hybridized carbons (Fsp3) is 0.615. The van der Waals surface area contributed by atoms with Crippen LogP contribution in [0.25, 0.3) is 11.3 Å². The predicted octanol–water partition coefficient (Wildman–Crippen LogP) is 4.67. The molecule has 3 rings (SSSR count). The SMILES string of the molecule is CCn1nc(C(=O)NCC2(O)CCC(S(C)(=O)=O)CC2)c(C)c1-c1ccc(C[C@H](C)C(F)(F)F)cc1OC(F)F. The number of hydrogen-bond donors (Lipinski definition) is 2. The number of sulfone groups is 1. The summed E-state index contributed by atoms with van der Waals surface area (Å²) in [5, 5.41) is 17.3. The van der Waals surface area contributed by atoms with Gasteiger partial charge in [-0.05, 0) is 63.6 Å². The van der Waals surface area contributed by atoms with Crippen molar-refractivity contribution in [2.45, 2.75) is 83.1 Å². The Morgan fingerprint density at radius 3 is 2.42 bits per heavy atom. The van der Waals surface area contributed by atoms with Crippen molar-refractivity contribution < 1.29 is 45.0 Å². The van der Waals surface area contributed by atoms with Crippen molar-refractivity contribution in [3.63, 3.8) is 0 Å². The molecule has 1 aliphatic carbocycles. The maximum Gasteiger partial charge on any atom is 0.391 e. The monoisotopic (exact) mass is 595 g/mol. The molecule has 1 aliphatic rings. The first-order valence-corrected chi connectivity index (χ1v) is 14.8. The van der Waals surface area contributed by atoms with Gasteiger partial charge in [0.25, 0.3) is 5.91 Å². The Labute approximate surface area is 229 Å². The maximum absolute atomic E-state index is 13.3. The summed E-state index contributed by atoms with van der Waals surface area (Å²) in [5.74, 6) is -2.67. The van der Waals surface area contributed by atoms with E-state index in [1.807, 2.05) is 0 Å². The number of aromatic nitrogens is 2. The summed E-state index contributed by atoms with van der Waals surface area (Å²) in [6.07, 6.45) is -2.83. The van der Waals surface area contributed by atoms with Crippen LogP contribution in [-0.4, -0.2) is 65.7 Å². The number of aryl methyl sites for hydroxylation is 1. The molecule has 0 spiro atoms. The Kier molecular flexibility index (Phi) is 9.55. The van der Waals surface area contributed by atoms with Gasteiger partial charge in [0.05, 0.1) is 22.5 Å². The Bertz CT molecular complexity index is 1320. The maximum atomic E-state index is 13.3. The summed E-state index contributed by atoms with van der Waals surface area (Å²) < 4.78 is 95.4. The molecule has 0 bridgehead atoms. The molecule has 2 aromatic rings. The zero-order chi connectivity index (χ0) is 30.0. The van der Waals surface area contributed by atoms with Crippen molar-refractivity contribution >= 4 is 15.7 Å². The smallest absolute Gasteiger partial charge is 0.391 e. The topological polar surface area (TPSA) is 111 Å². The Morgan fingerprint density at radius 1 is 1.27 bits per heavy atom. The second-order valence-electron chi connectivity index (χ2n) is 10.4. The number of benzene rings is 1. The van der Waals surface area contributed by atoms with E-state index in [0.717, 1.165) is 19.2 Å². The van der Waals surface area contributed by atoms with Crippen LogP contribution in [0.3, 0.4) is 0 Å². The number of ether oxygens (including phenoxy) is 1. The first-order valence-electron chi connectivity index (χ1n) is 12.9. The number of nitrogens with one attached hydrogen (secondary N) is 1. The summed E-state index contributed by atoms with van der Waals surface area (Å²) in [6.45, 7) is 1.13. The lowest BCUT2D eigenvalue weighted by atomic mass is 9.84. The third kappa shape index (κ3) is 7.50. The largest absolute Gasteiger partial charge is 0.434 e. The molecular weight excluding hydrogens is 561 g/mol. The van der Waals surface area contributed by atoms with Gasteiger partial charge in [-0.15, -0.1) is 0 Å².